The lowest BCUT2D eigenvalue weighted by Gasteiger charge is -2.15. The lowest BCUT2D eigenvalue weighted by molar-refractivity contribution is -0.384. The number of rotatable bonds is 3. The molecule has 0 saturated carbocycles. The molecule has 0 amide bonds. The zero-order valence-electron chi connectivity index (χ0n) is 11.9. The summed E-state index contributed by atoms with van der Waals surface area (Å²) in [5.74, 6) is 0. The van der Waals surface area contributed by atoms with Gasteiger partial charge in [0.25, 0.3) is 11.2 Å². The Morgan fingerprint density at radius 2 is 1.90 bits per heavy atom. The number of nitro groups is 1. The van der Waals surface area contributed by atoms with Crippen LogP contribution in [0.5, 0.6) is 0 Å². The molecule has 0 aliphatic rings. The maximum Gasteiger partial charge on any atom is 0.292 e. The summed E-state index contributed by atoms with van der Waals surface area (Å²) in [5, 5.41) is 23.8. The molecule has 0 aliphatic carbocycles. The van der Waals surface area contributed by atoms with Crippen LogP contribution < -0.4 is 5.56 Å². The Balaban J connectivity index is 2.39. The number of hydrogen-bond donors (Lipinski definition) is 2. The molecule has 1 heterocycles. The second-order valence-corrected chi connectivity index (χ2v) is 5.53. The van der Waals surface area contributed by atoms with Gasteiger partial charge in [0, 0.05) is 17.5 Å². The first-order valence-corrected chi connectivity index (χ1v) is 6.26. The summed E-state index contributed by atoms with van der Waals surface area (Å²) in [7, 11) is 0. The third kappa shape index (κ3) is 3.22. The van der Waals surface area contributed by atoms with Crippen LogP contribution in [0.3, 0.4) is 0 Å². The highest BCUT2D eigenvalue weighted by Gasteiger charge is 2.22. The number of azo groups is 1. The molecular formula is C13H15N5O3. The number of H-pyrrole nitrogens is 2. The number of aromatic amines is 2. The predicted octanol–water partition coefficient (Wildman–Crippen LogP) is 3.32. The molecule has 21 heavy (non-hydrogen) atoms. The average molecular weight is 289 g/mol. The summed E-state index contributed by atoms with van der Waals surface area (Å²) < 4.78 is 0. The Kier molecular flexibility index (Phi) is 3.70. The highest BCUT2D eigenvalue weighted by Crippen LogP contribution is 2.28. The van der Waals surface area contributed by atoms with Gasteiger partial charge in [0.1, 0.15) is 0 Å². The fraction of sp³-hybridized carbons (Fsp3) is 0.308. The van der Waals surface area contributed by atoms with Crippen LogP contribution in [0, 0.1) is 10.1 Å². The summed E-state index contributed by atoms with van der Waals surface area (Å²) in [6.45, 7) is 5.79. The van der Waals surface area contributed by atoms with Gasteiger partial charge in [0.2, 0.25) is 0 Å². The monoisotopic (exact) mass is 289 g/mol. The SMILES string of the molecule is CC(C)(C)c1[nH][nH]c(=O)c1N=Nc1cccc([N+](=O)[O-])c1. The molecule has 0 bridgehead atoms. The molecule has 2 aromatic rings. The van der Waals surface area contributed by atoms with E-state index in [1.807, 2.05) is 20.8 Å². The number of nitrogens with zero attached hydrogens (tertiary/aromatic N) is 3. The lowest BCUT2D eigenvalue weighted by atomic mass is 9.91. The topological polar surface area (TPSA) is 117 Å². The van der Waals surface area contributed by atoms with Crippen molar-refractivity contribution in [3.8, 4) is 0 Å². The van der Waals surface area contributed by atoms with Crippen molar-refractivity contribution in [3.05, 3.63) is 50.4 Å². The summed E-state index contributed by atoms with van der Waals surface area (Å²) >= 11 is 0. The average Bonchev–Trinajstić information content (AvgIpc) is 2.78. The van der Waals surface area contributed by atoms with Crippen molar-refractivity contribution in [2.45, 2.75) is 26.2 Å². The van der Waals surface area contributed by atoms with E-state index < -0.39 is 4.92 Å². The number of hydrogen-bond acceptors (Lipinski definition) is 5. The molecule has 8 heteroatoms. The predicted molar refractivity (Wildman–Crippen MR) is 77.4 cm³/mol. The zero-order valence-corrected chi connectivity index (χ0v) is 11.9. The van der Waals surface area contributed by atoms with Gasteiger partial charge in [-0.2, -0.15) is 5.11 Å². The van der Waals surface area contributed by atoms with E-state index in [9.17, 15) is 14.9 Å². The summed E-state index contributed by atoms with van der Waals surface area (Å²) in [5.41, 5.74) is 0.343. The fourth-order valence-electron chi connectivity index (χ4n) is 1.77. The number of non-ortho nitro benzene ring substituents is 1. The van der Waals surface area contributed by atoms with Gasteiger partial charge in [-0.25, -0.2) is 0 Å². The Bertz CT molecular complexity index is 752. The first-order chi connectivity index (χ1) is 9.79. The van der Waals surface area contributed by atoms with Crippen LogP contribution in [-0.4, -0.2) is 15.1 Å². The highest BCUT2D eigenvalue weighted by molar-refractivity contribution is 5.48. The van der Waals surface area contributed by atoms with E-state index in [0.29, 0.717) is 11.4 Å². The van der Waals surface area contributed by atoms with Crippen LogP contribution in [0.4, 0.5) is 17.1 Å². The summed E-state index contributed by atoms with van der Waals surface area (Å²) in [6, 6.07) is 5.75. The Hall–Kier alpha value is -2.77. The first kappa shape index (κ1) is 14.6. The van der Waals surface area contributed by atoms with Crippen molar-refractivity contribution >= 4 is 17.1 Å². The van der Waals surface area contributed by atoms with Crippen molar-refractivity contribution in [1.29, 1.82) is 0 Å². The molecule has 0 saturated heterocycles. The van der Waals surface area contributed by atoms with E-state index in [1.165, 1.54) is 18.2 Å². The van der Waals surface area contributed by atoms with Crippen molar-refractivity contribution in [2.24, 2.45) is 10.2 Å². The fourth-order valence-corrected chi connectivity index (χ4v) is 1.77. The normalized spacial score (nSPS) is 12.0. The van der Waals surface area contributed by atoms with Gasteiger partial charge >= 0.3 is 0 Å². The molecule has 8 nitrogen and oxygen atoms in total. The minimum Gasteiger partial charge on any atom is -0.299 e. The highest BCUT2D eigenvalue weighted by atomic mass is 16.6. The molecule has 1 aromatic carbocycles. The molecule has 0 fully saturated rings. The second-order valence-electron chi connectivity index (χ2n) is 5.53. The maximum atomic E-state index is 11.7. The van der Waals surface area contributed by atoms with E-state index in [4.69, 9.17) is 0 Å². The van der Waals surface area contributed by atoms with E-state index in [2.05, 4.69) is 20.4 Å². The van der Waals surface area contributed by atoms with Crippen molar-refractivity contribution in [1.82, 2.24) is 10.2 Å². The van der Waals surface area contributed by atoms with Crippen LogP contribution in [-0.2, 0) is 5.41 Å². The van der Waals surface area contributed by atoms with Gasteiger partial charge in [0.15, 0.2) is 5.69 Å². The van der Waals surface area contributed by atoms with Gasteiger partial charge in [-0.05, 0) is 6.07 Å². The molecular weight excluding hydrogens is 274 g/mol. The zero-order chi connectivity index (χ0) is 15.6. The van der Waals surface area contributed by atoms with Crippen molar-refractivity contribution in [2.75, 3.05) is 0 Å². The van der Waals surface area contributed by atoms with Crippen LogP contribution in [0.15, 0.2) is 39.3 Å². The van der Waals surface area contributed by atoms with Crippen molar-refractivity contribution in [3.63, 3.8) is 0 Å². The van der Waals surface area contributed by atoms with E-state index in [0.717, 1.165) is 0 Å². The molecule has 2 N–H and O–H groups in total. The van der Waals surface area contributed by atoms with Gasteiger partial charge < -0.3 is 0 Å². The molecule has 0 atom stereocenters. The van der Waals surface area contributed by atoms with Gasteiger partial charge in [-0.1, -0.05) is 26.8 Å². The number of nitrogens with one attached hydrogen (secondary N) is 2. The second kappa shape index (κ2) is 5.31. The Morgan fingerprint density at radius 1 is 1.19 bits per heavy atom. The Morgan fingerprint density at radius 3 is 2.52 bits per heavy atom. The number of aromatic nitrogens is 2. The third-order valence-electron chi connectivity index (χ3n) is 2.81. The van der Waals surface area contributed by atoms with Crippen LogP contribution >= 0.6 is 0 Å². The molecule has 2 rings (SSSR count). The standard InChI is InChI=1S/C13H15N5O3/c1-13(2,3)11-10(12(19)17-16-11)15-14-8-5-4-6-9(7-8)18(20)21/h4-7H,1-3H3,(H2,16,17,19). The van der Waals surface area contributed by atoms with E-state index in [-0.39, 0.29) is 22.3 Å². The molecule has 110 valence electrons. The minimum absolute atomic E-state index is 0.0783. The van der Waals surface area contributed by atoms with Gasteiger partial charge in [0.05, 0.1) is 16.3 Å². The molecule has 0 aliphatic heterocycles. The van der Waals surface area contributed by atoms with Crippen LogP contribution in [0.2, 0.25) is 0 Å². The number of benzene rings is 1. The largest absolute Gasteiger partial charge is 0.299 e. The first-order valence-electron chi connectivity index (χ1n) is 6.26. The van der Waals surface area contributed by atoms with Crippen LogP contribution in [0.1, 0.15) is 26.5 Å². The molecule has 1 aromatic heterocycles. The van der Waals surface area contributed by atoms with Gasteiger partial charge in [-0.15, -0.1) is 5.11 Å². The van der Waals surface area contributed by atoms with Gasteiger partial charge in [-0.3, -0.25) is 25.1 Å². The quantitative estimate of drug-likeness (QED) is 0.512. The lowest BCUT2D eigenvalue weighted by Crippen LogP contribution is -2.12. The summed E-state index contributed by atoms with van der Waals surface area (Å²) in [4.78, 5) is 21.9. The van der Waals surface area contributed by atoms with E-state index in [1.54, 1.807) is 6.07 Å². The van der Waals surface area contributed by atoms with E-state index >= 15 is 0 Å². The number of nitro benzene ring substituents is 1. The molecule has 0 unspecified atom stereocenters. The van der Waals surface area contributed by atoms with Crippen molar-refractivity contribution < 1.29 is 4.92 Å². The Labute approximate surface area is 120 Å². The molecule has 0 radical (unpaired) electrons. The minimum atomic E-state index is -0.511. The third-order valence-corrected chi connectivity index (χ3v) is 2.81. The van der Waals surface area contributed by atoms with Crippen LogP contribution in [0.25, 0.3) is 0 Å². The maximum absolute atomic E-state index is 11.7. The molecule has 0 spiro atoms. The smallest absolute Gasteiger partial charge is 0.292 e. The summed E-state index contributed by atoms with van der Waals surface area (Å²) in [6.07, 6.45) is 0.